The van der Waals surface area contributed by atoms with E-state index >= 15 is 0 Å². The van der Waals surface area contributed by atoms with Gasteiger partial charge in [0.1, 0.15) is 22.0 Å². The zero-order valence-corrected chi connectivity index (χ0v) is 22.5. The molecule has 0 aliphatic carbocycles. The van der Waals surface area contributed by atoms with E-state index in [4.69, 9.17) is 25.5 Å². The summed E-state index contributed by atoms with van der Waals surface area (Å²) in [5, 5.41) is 0.194. The van der Waals surface area contributed by atoms with E-state index in [1.54, 1.807) is 24.1 Å². The standard InChI is InChI=1S/C24H32ClN3O5Si/c1-24(2,34(6,7)30)9-8-10-28(3)23(29)15-11-17(31-4)21(27-13-15)18-12-16-22(33-18)20(25)19(32-5)14-26-16/h11-14,30H,8-10H2,1-7H3. The van der Waals surface area contributed by atoms with E-state index in [1.165, 1.54) is 26.6 Å². The molecule has 1 N–H and O–H groups in total. The first-order valence-electron chi connectivity index (χ1n) is 11.0. The summed E-state index contributed by atoms with van der Waals surface area (Å²) in [7, 11) is 2.50. The Morgan fingerprint density at radius 1 is 1.18 bits per heavy atom. The summed E-state index contributed by atoms with van der Waals surface area (Å²) in [6.45, 7) is 8.65. The molecule has 8 nitrogen and oxygen atoms in total. The lowest BCUT2D eigenvalue weighted by molar-refractivity contribution is 0.0790. The van der Waals surface area contributed by atoms with Gasteiger partial charge in [-0.2, -0.15) is 0 Å². The second kappa shape index (κ2) is 9.93. The lowest BCUT2D eigenvalue weighted by Crippen LogP contribution is -2.39. The van der Waals surface area contributed by atoms with Gasteiger partial charge in [0.05, 0.1) is 26.0 Å². The maximum absolute atomic E-state index is 13.0. The smallest absolute Gasteiger partial charge is 0.255 e. The summed E-state index contributed by atoms with van der Waals surface area (Å²) in [5.41, 5.74) is 1.79. The van der Waals surface area contributed by atoms with E-state index in [-0.39, 0.29) is 10.9 Å². The quantitative estimate of drug-likeness (QED) is 0.389. The van der Waals surface area contributed by atoms with Crippen molar-refractivity contribution in [3.63, 3.8) is 0 Å². The molecule has 3 aromatic heterocycles. The average molecular weight is 506 g/mol. The van der Waals surface area contributed by atoms with Gasteiger partial charge in [-0.1, -0.05) is 25.4 Å². The second-order valence-electron chi connectivity index (χ2n) is 9.51. The number of hydrogen-bond donors (Lipinski definition) is 1. The molecule has 0 spiro atoms. The Hall–Kier alpha value is -2.62. The third-order valence-corrected chi connectivity index (χ3v) is 10.4. The molecule has 184 valence electrons. The van der Waals surface area contributed by atoms with Crippen LogP contribution in [-0.2, 0) is 0 Å². The molecule has 3 heterocycles. The highest BCUT2D eigenvalue weighted by molar-refractivity contribution is 6.72. The summed E-state index contributed by atoms with van der Waals surface area (Å²) < 4.78 is 16.6. The fourth-order valence-corrected chi connectivity index (χ4v) is 4.53. The molecule has 0 fully saturated rings. The Bertz CT molecular complexity index is 1190. The molecule has 1 amide bonds. The number of carbonyl (C=O) groups is 1. The Kier molecular flexibility index (Phi) is 7.59. The lowest BCUT2D eigenvalue weighted by atomic mass is 10.1. The third-order valence-electron chi connectivity index (χ3n) is 6.52. The summed E-state index contributed by atoms with van der Waals surface area (Å²) in [6, 6.07) is 3.37. The Morgan fingerprint density at radius 2 is 1.85 bits per heavy atom. The van der Waals surface area contributed by atoms with Gasteiger partial charge in [-0.15, -0.1) is 0 Å². The molecule has 0 bridgehead atoms. The van der Waals surface area contributed by atoms with E-state index in [9.17, 15) is 9.59 Å². The van der Waals surface area contributed by atoms with Gasteiger partial charge < -0.3 is 23.6 Å². The number of methoxy groups -OCH3 is 2. The van der Waals surface area contributed by atoms with Crippen molar-refractivity contribution in [1.29, 1.82) is 0 Å². The first-order chi connectivity index (χ1) is 15.9. The van der Waals surface area contributed by atoms with Crippen molar-refractivity contribution in [2.75, 3.05) is 27.8 Å². The molecule has 0 unspecified atom stereocenters. The number of rotatable bonds is 9. The van der Waals surface area contributed by atoms with Crippen LogP contribution < -0.4 is 9.47 Å². The normalized spacial score (nSPS) is 12.1. The number of pyridine rings is 2. The zero-order chi connectivity index (χ0) is 25.3. The van der Waals surface area contributed by atoms with Crippen molar-refractivity contribution < 1.29 is 23.5 Å². The molecule has 0 saturated carbocycles. The van der Waals surface area contributed by atoms with Gasteiger partial charge in [-0.3, -0.25) is 4.79 Å². The largest absolute Gasteiger partial charge is 0.494 e. The van der Waals surface area contributed by atoms with Crippen molar-refractivity contribution in [2.45, 2.75) is 44.8 Å². The summed E-state index contributed by atoms with van der Waals surface area (Å²) in [4.78, 5) is 33.9. The first-order valence-corrected chi connectivity index (χ1v) is 14.4. The SMILES string of the molecule is COc1cc(C(=O)N(C)CCCC(C)(C)[Si](C)(C)O)cnc1-c1cc2ncc(OC)c(Cl)c2o1. The Morgan fingerprint density at radius 3 is 2.47 bits per heavy atom. The van der Waals surface area contributed by atoms with Gasteiger partial charge in [0.15, 0.2) is 25.4 Å². The number of amides is 1. The molecule has 0 aliphatic heterocycles. The first kappa shape index (κ1) is 26.0. The molecule has 34 heavy (non-hydrogen) atoms. The summed E-state index contributed by atoms with van der Waals surface area (Å²) in [5.74, 6) is 1.07. The van der Waals surface area contributed by atoms with Crippen LogP contribution in [0.5, 0.6) is 11.5 Å². The minimum Gasteiger partial charge on any atom is -0.494 e. The molecule has 0 atom stereocenters. The van der Waals surface area contributed by atoms with E-state index in [2.05, 4.69) is 23.8 Å². The summed E-state index contributed by atoms with van der Waals surface area (Å²) >= 11 is 6.34. The topological polar surface area (TPSA) is 97.9 Å². The van der Waals surface area contributed by atoms with Gasteiger partial charge in [0, 0.05) is 25.9 Å². The maximum atomic E-state index is 13.0. The zero-order valence-electron chi connectivity index (χ0n) is 20.7. The number of ether oxygens (including phenoxy) is 2. The van der Waals surface area contributed by atoms with Crippen molar-refractivity contribution in [3.05, 3.63) is 35.1 Å². The number of fused-ring (bicyclic) bond motifs is 1. The maximum Gasteiger partial charge on any atom is 0.255 e. The van der Waals surface area contributed by atoms with Crippen molar-refractivity contribution in [1.82, 2.24) is 14.9 Å². The Labute approximate surface area is 206 Å². The predicted octanol–water partition coefficient (Wildman–Crippen LogP) is 5.39. The van der Waals surface area contributed by atoms with Gasteiger partial charge >= 0.3 is 0 Å². The van der Waals surface area contributed by atoms with Crippen LogP contribution in [0.2, 0.25) is 23.2 Å². The Balaban J connectivity index is 1.79. The van der Waals surface area contributed by atoms with Crippen LogP contribution in [0.15, 0.2) is 28.9 Å². The molecule has 0 aromatic carbocycles. The van der Waals surface area contributed by atoms with Crippen molar-refractivity contribution >= 4 is 36.9 Å². The monoisotopic (exact) mass is 505 g/mol. The number of halogens is 1. The highest BCUT2D eigenvalue weighted by atomic mass is 35.5. The van der Waals surface area contributed by atoms with Crippen LogP contribution in [0.25, 0.3) is 22.6 Å². The van der Waals surface area contributed by atoms with E-state index < -0.39 is 8.32 Å². The lowest BCUT2D eigenvalue weighted by Gasteiger charge is -2.35. The molecule has 0 radical (unpaired) electrons. The van der Waals surface area contributed by atoms with Crippen LogP contribution in [-0.4, -0.2) is 61.7 Å². The number of furan rings is 1. The highest BCUT2D eigenvalue weighted by Gasteiger charge is 2.37. The molecule has 0 saturated heterocycles. The third kappa shape index (κ3) is 5.21. The van der Waals surface area contributed by atoms with Gasteiger partial charge in [-0.25, -0.2) is 9.97 Å². The van der Waals surface area contributed by atoms with E-state index in [0.29, 0.717) is 51.2 Å². The molecule has 3 rings (SSSR count). The fraction of sp³-hybridized carbons (Fsp3) is 0.458. The second-order valence-corrected chi connectivity index (χ2v) is 14.4. The van der Waals surface area contributed by atoms with Crippen LogP contribution in [0, 0.1) is 0 Å². The average Bonchev–Trinajstić information content (AvgIpc) is 3.22. The van der Waals surface area contributed by atoms with Crippen molar-refractivity contribution in [2.24, 2.45) is 0 Å². The van der Waals surface area contributed by atoms with Gasteiger partial charge in [0.25, 0.3) is 5.91 Å². The molecular weight excluding hydrogens is 474 g/mol. The van der Waals surface area contributed by atoms with Crippen molar-refractivity contribution in [3.8, 4) is 23.0 Å². The molecular formula is C24H32ClN3O5Si. The van der Waals surface area contributed by atoms with Gasteiger partial charge in [0.2, 0.25) is 0 Å². The highest BCUT2D eigenvalue weighted by Crippen LogP contribution is 2.40. The summed E-state index contributed by atoms with van der Waals surface area (Å²) in [6.07, 6.45) is 4.67. The fourth-order valence-electron chi connectivity index (χ4n) is 3.48. The van der Waals surface area contributed by atoms with Crippen LogP contribution in [0.4, 0.5) is 0 Å². The molecule has 10 heteroatoms. The van der Waals surface area contributed by atoms with Crippen LogP contribution in [0.1, 0.15) is 37.0 Å². The van der Waals surface area contributed by atoms with E-state index in [0.717, 1.165) is 12.8 Å². The number of carbonyl (C=O) groups excluding carboxylic acids is 1. The van der Waals surface area contributed by atoms with E-state index in [1.807, 2.05) is 13.1 Å². The minimum atomic E-state index is -2.28. The molecule has 0 aliphatic rings. The predicted molar refractivity (Wildman–Crippen MR) is 135 cm³/mol. The minimum absolute atomic E-state index is 0.127. The van der Waals surface area contributed by atoms with Crippen LogP contribution >= 0.6 is 11.6 Å². The van der Waals surface area contributed by atoms with Gasteiger partial charge in [-0.05, 0) is 37.0 Å². The molecule has 3 aromatic rings. The number of hydrogen-bond acceptors (Lipinski definition) is 7. The number of aromatic nitrogens is 2. The van der Waals surface area contributed by atoms with Crippen LogP contribution in [0.3, 0.4) is 0 Å². The number of nitrogens with zero attached hydrogens (tertiary/aromatic N) is 3.